The van der Waals surface area contributed by atoms with Gasteiger partial charge in [-0.3, -0.25) is 9.98 Å². The van der Waals surface area contributed by atoms with Crippen LogP contribution < -0.4 is 26.1 Å². The molecule has 8 heteroatoms. The number of hydrogen-bond acceptors (Lipinski definition) is 7. The zero-order valence-corrected chi connectivity index (χ0v) is 20.5. The first-order valence-corrected chi connectivity index (χ1v) is 13.0. The molecule has 5 aliphatic rings. The normalized spacial score (nSPS) is 30.6. The van der Waals surface area contributed by atoms with Gasteiger partial charge >= 0.3 is 0 Å². The first-order valence-electron chi connectivity index (χ1n) is 13.0. The van der Waals surface area contributed by atoms with Crippen LogP contribution in [0.25, 0.3) is 22.2 Å². The maximum Gasteiger partial charge on any atom is 0.197 e. The molecular formula is C29H27N7O. The van der Waals surface area contributed by atoms with E-state index >= 15 is 0 Å². The number of aromatic hydroxyl groups is 1. The van der Waals surface area contributed by atoms with Gasteiger partial charge in [0.05, 0.1) is 16.1 Å². The fraction of sp³-hybridized carbons (Fsp3) is 0.310. The lowest BCUT2D eigenvalue weighted by Gasteiger charge is -2.41. The molecule has 0 saturated carbocycles. The van der Waals surface area contributed by atoms with Crippen molar-refractivity contribution in [2.75, 3.05) is 25.0 Å². The van der Waals surface area contributed by atoms with E-state index in [2.05, 4.69) is 62.2 Å². The summed E-state index contributed by atoms with van der Waals surface area (Å²) in [5.41, 5.74) is 2.34. The average Bonchev–Trinajstić information content (AvgIpc) is 3.67. The Morgan fingerprint density at radius 3 is 2.65 bits per heavy atom. The minimum atomic E-state index is -0.101. The molecule has 2 fully saturated rings. The number of anilines is 1. The number of nitrogens with zero attached hydrogens (tertiary/aromatic N) is 6. The summed E-state index contributed by atoms with van der Waals surface area (Å²) in [6.07, 6.45) is 12.1. The SMILES string of the molecule is CN1CC2CCC(C1)N2c1ccc2c(c1)=NC(=c1ccc(=C3C=NC4N=CC=CC34)c3c[nH]c(O)c13)N=2. The van der Waals surface area contributed by atoms with E-state index < -0.39 is 0 Å². The number of likely N-dealkylation sites (N-methyl/N-ethyl adjacent to an activating group) is 1. The number of benzene rings is 2. The second kappa shape index (κ2) is 7.73. The quantitative estimate of drug-likeness (QED) is 0.534. The van der Waals surface area contributed by atoms with Crippen molar-refractivity contribution in [3.63, 3.8) is 0 Å². The van der Waals surface area contributed by atoms with Gasteiger partial charge in [-0.1, -0.05) is 12.1 Å². The standard InChI is InChI=1S/C29H27N7O/c1-35-14-17-4-5-18(15-35)36(17)16-6-9-24-25(11-16)34-28(33-24)21-8-7-19(23-13-32-29(37)26(21)23)22-12-31-27-20(22)3-2-10-30-27/h2-3,6-13,17-18,20,27,32,37H,4-5,14-15H2,1H3. The molecule has 3 aromatic rings. The number of fused-ring (bicyclic) bond motifs is 5. The molecule has 37 heavy (non-hydrogen) atoms. The molecule has 2 aromatic carbocycles. The fourth-order valence-corrected chi connectivity index (χ4v) is 6.83. The Balaban J connectivity index is 1.28. The van der Waals surface area contributed by atoms with Crippen LogP contribution in [-0.2, 0) is 0 Å². The van der Waals surface area contributed by atoms with E-state index in [1.54, 1.807) is 6.21 Å². The second-order valence-electron chi connectivity index (χ2n) is 10.7. The highest BCUT2D eigenvalue weighted by atomic mass is 16.3. The Hall–Kier alpha value is -4.04. The molecule has 0 amide bonds. The number of aliphatic imine (C=N–C) groups is 2. The zero-order chi connectivity index (χ0) is 24.7. The molecular weight excluding hydrogens is 462 g/mol. The smallest absolute Gasteiger partial charge is 0.197 e. The van der Waals surface area contributed by atoms with Gasteiger partial charge in [-0.2, -0.15) is 0 Å². The minimum Gasteiger partial charge on any atom is -0.494 e. The van der Waals surface area contributed by atoms with E-state index in [1.165, 1.54) is 18.5 Å². The lowest BCUT2D eigenvalue weighted by atomic mass is 9.94. The van der Waals surface area contributed by atoms with Crippen LogP contribution in [0.3, 0.4) is 0 Å². The van der Waals surface area contributed by atoms with Crippen molar-refractivity contribution in [2.45, 2.75) is 31.1 Å². The Kier molecular flexibility index (Phi) is 4.40. The molecule has 4 atom stereocenters. The molecule has 184 valence electrons. The molecule has 1 aromatic heterocycles. The van der Waals surface area contributed by atoms with Gasteiger partial charge in [0.1, 0.15) is 6.17 Å². The maximum atomic E-state index is 10.8. The first-order chi connectivity index (χ1) is 18.1. The summed E-state index contributed by atoms with van der Waals surface area (Å²) in [5.74, 6) is 0.863. The summed E-state index contributed by atoms with van der Waals surface area (Å²) < 4.78 is 0. The van der Waals surface area contributed by atoms with E-state index in [0.717, 1.165) is 50.6 Å². The Bertz CT molecular complexity index is 1800. The summed E-state index contributed by atoms with van der Waals surface area (Å²) in [7, 11) is 2.22. The van der Waals surface area contributed by atoms with E-state index in [9.17, 15) is 5.11 Å². The number of allylic oxidation sites excluding steroid dienone is 1. The average molecular weight is 490 g/mol. The lowest BCUT2D eigenvalue weighted by Crippen LogP contribution is -2.52. The van der Waals surface area contributed by atoms with E-state index in [-0.39, 0.29) is 18.0 Å². The third-order valence-electron chi connectivity index (χ3n) is 8.45. The molecule has 6 heterocycles. The predicted octanol–water partition coefficient (Wildman–Crippen LogP) is 0.993. The summed E-state index contributed by atoms with van der Waals surface area (Å²) in [6, 6.07) is 11.7. The van der Waals surface area contributed by atoms with E-state index in [1.807, 2.05) is 24.6 Å². The monoisotopic (exact) mass is 489 g/mol. The van der Waals surface area contributed by atoms with Gasteiger partial charge in [0, 0.05) is 66.0 Å². The highest BCUT2D eigenvalue weighted by Crippen LogP contribution is 2.34. The number of aromatic amines is 1. The summed E-state index contributed by atoms with van der Waals surface area (Å²) in [5, 5.41) is 16.1. The van der Waals surface area contributed by atoms with Gasteiger partial charge < -0.3 is 19.9 Å². The minimum absolute atomic E-state index is 0.101. The number of rotatable bonds is 1. The number of H-pyrrole nitrogens is 1. The number of hydrogen-bond donors (Lipinski definition) is 2. The van der Waals surface area contributed by atoms with Crippen LogP contribution in [0.5, 0.6) is 5.88 Å². The topological polar surface area (TPSA) is 91.9 Å². The second-order valence-corrected chi connectivity index (χ2v) is 10.7. The highest BCUT2D eigenvalue weighted by molar-refractivity contribution is 6.09. The molecule has 0 radical (unpaired) electrons. The van der Waals surface area contributed by atoms with Crippen LogP contribution in [0.4, 0.5) is 5.69 Å². The third-order valence-corrected chi connectivity index (χ3v) is 8.45. The van der Waals surface area contributed by atoms with Crippen molar-refractivity contribution >= 4 is 40.3 Å². The Labute approximate surface area is 213 Å². The van der Waals surface area contributed by atoms with E-state index in [0.29, 0.717) is 17.9 Å². The van der Waals surface area contributed by atoms with Gasteiger partial charge in [0.2, 0.25) is 0 Å². The third kappa shape index (κ3) is 3.12. The molecule has 2 saturated heterocycles. The van der Waals surface area contributed by atoms with Crippen molar-refractivity contribution in [1.82, 2.24) is 9.88 Å². The zero-order valence-electron chi connectivity index (χ0n) is 20.5. The van der Waals surface area contributed by atoms with Crippen molar-refractivity contribution in [2.24, 2.45) is 25.9 Å². The number of aromatic nitrogens is 1. The Morgan fingerprint density at radius 1 is 0.973 bits per heavy atom. The molecule has 2 bridgehead atoms. The van der Waals surface area contributed by atoms with Crippen molar-refractivity contribution in [1.29, 1.82) is 0 Å². The van der Waals surface area contributed by atoms with Crippen molar-refractivity contribution in [3.05, 3.63) is 69.8 Å². The number of nitrogens with one attached hydrogen (secondary N) is 1. The van der Waals surface area contributed by atoms with Gasteiger partial charge in [-0.15, -0.1) is 0 Å². The molecule has 2 N–H and O–H groups in total. The first kappa shape index (κ1) is 21.1. The van der Waals surface area contributed by atoms with Crippen LogP contribution in [0.1, 0.15) is 12.8 Å². The van der Waals surface area contributed by atoms with Gasteiger partial charge in [-0.05, 0) is 61.0 Å². The predicted molar refractivity (Wildman–Crippen MR) is 145 cm³/mol. The van der Waals surface area contributed by atoms with Crippen molar-refractivity contribution < 1.29 is 5.11 Å². The lowest BCUT2D eigenvalue weighted by molar-refractivity contribution is 0.265. The van der Waals surface area contributed by atoms with Gasteiger partial charge in [-0.25, -0.2) is 9.98 Å². The molecule has 8 nitrogen and oxygen atoms in total. The largest absolute Gasteiger partial charge is 0.494 e. The van der Waals surface area contributed by atoms with Gasteiger partial charge in [0.15, 0.2) is 11.7 Å². The van der Waals surface area contributed by atoms with Gasteiger partial charge in [0.25, 0.3) is 0 Å². The summed E-state index contributed by atoms with van der Waals surface area (Å²) in [6.45, 7) is 2.22. The van der Waals surface area contributed by atoms with Crippen LogP contribution in [-0.4, -0.2) is 65.8 Å². The van der Waals surface area contributed by atoms with E-state index in [4.69, 9.17) is 9.98 Å². The van der Waals surface area contributed by atoms with Crippen LogP contribution in [0.15, 0.2) is 68.7 Å². The summed E-state index contributed by atoms with van der Waals surface area (Å²) >= 11 is 0. The fourth-order valence-electron chi connectivity index (χ4n) is 6.83. The molecule has 5 aliphatic heterocycles. The van der Waals surface area contributed by atoms with Crippen molar-refractivity contribution in [3.8, 4) is 5.88 Å². The highest BCUT2D eigenvalue weighted by Gasteiger charge is 2.38. The Morgan fingerprint density at radius 2 is 1.78 bits per heavy atom. The molecule has 8 rings (SSSR count). The molecule has 4 unspecified atom stereocenters. The van der Waals surface area contributed by atoms with Crippen LogP contribution in [0, 0.1) is 5.92 Å². The molecule has 0 spiro atoms. The number of piperazine rings is 1. The van der Waals surface area contributed by atoms with Crippen LogP contribution >= 0.6 is 0 Å². The number of dihydropyridines is 1. The maximum absolute atomic E-state index is 10.8. The van der Waals surface area contributed by atoms with Crippen LogP contribution in [0.2, 0.25) is 0 Å². The summed E-state index contributed by atoms with van der Waals surface area (Å²) in [4.78, 5) is 27.0. The number of likely N-dealkylation sites (tertiary alicyclic amines) is 1. The molecule has 0 aliphatic carbocycles.